The van der Waals surface area contributed by atoms with Gasteiger partial charge in [-0.3, -0.25) is 0 Å². The van der Waals surface area contributed by atoms with Gasteiger partial charge in [-0.05, 0) is 5.92 Å². The molecule has 0 rings (SSSR count). The van der Waals surface area contributed by atoms with Crippen LogP contribution in [-0.2, 0) is 0 Å². The second-order valence-corrected chi connectivity index (χ2v) is 2.09. The fraction of sp³-hybridized carbons (Fsp3) is 1.00. The molecule has 0 amide bonds. The van der Waals surface area contributed by atoms with E-state index in [1.165, 1.54) is 0 Å². The lowest BCUT2D eigenvalue weighted by atomic mass is 10.1. The van der Waals surface area contributed by atoms with E-state index < -0.39 is 6.10 Å². The molecule has 0 aromatic carbocycles. The molecule has 0 aromatic heterocycles. The van der Waals surface area contributed by atoms with Crippen LogP contribution in [0.1, 0.15) is 6.92 Å². The van der Waals surface area contributed by atoms with E-state index in [9.17, 15) is 0 Å². The molecule has 0 saturated heterocycles. The molecule has 4 N–H and O–H groups in total. The molecule has 0 bridgehead atoms. The van der Waals surface area contributed by atoms with Crippen LogP contribution in [0.5, 0.6) is 0 Å². The molecule has 4 heteroatoms. The summed E-state index contributed by atoms with van der Waals surface area (Å²) >= 11 is 0. The molecule has 0 heterocycles. The first-order chi connectivity index (χ1) is 4.22. The van der Waals surface area contributed by atoms with Gasteiger partial charge < -0.3 is 15.4 Å². The van der Waals surface area contributed by atoms with Gasteiger partial charge in [-0.1, -0.05) is 6.92 Å². The summed E-state index contributed by atoms with van der Waals surface area (Å²) in [7, 11) is 0. The summed E-state index contributed by atoms with van der Waals surface area (Å²) in [6.45, 7) is 1.76. The molecule has 0 radical (unpaired) electrons. The van der Waals surface area contributed by atoms with Crippen LogP contribution in [0.2, 0.25) is 0 Å². The van der Waals surface area contributed by atoms with Gasteiger partial charge in [0.2, 0.25) is 0 Å². The lowest BCUT2D eigenvalue weighted by molar-refractivity contribution is 0.0358. The maximum absolute atomic E-state index is 8.86. The Labute approximate surface area is 54.1 Å². The molecule has 2 unspecified atom stereocenters. The smallest absolute Gasteiger partial charge is 0.0809 e. The first-order valence-corrected chi connectivity index (χ1v) is 2.88. The summed E-state index contributed by atoms with van der Waals surface area (Å²) < 4.78 is 0. The van der Waals surface area contributed by atoms with Gasteiger partial charge in [0.05, 0.1) is 12.7 Å². The third kappa shape index (κ3) is 3.42. The molecule has 2 atom stereocenters. The van der Waals surface area contributed by atoms with Crippen molar-refractivity contribution in [1.82, 2.24) is 5.48 Å². The Kier molecular flexibility index (Phi) is 4.61. The van der Waals surface area contributed by atoms with Gasteiger partial charge in [-0.25, -0.2) is 5.48 Å². The van der Waals surface area contributed by atoms with Gasteiger partial charge >= 0.3 is 0 Å². The van der Waals surface area contributed by atoms with Crippen molar-refractivity contribution >= 4 is 0 Å². The zero-order chi connectivity index (χ0) is 7.28. The Balaban J connectivity index is 3.32. The van der Waals surface area contributed by atoms with E-state index in [-0.39, 0.29) is 12.5 Å². The molecule has 0 aliphatic heterocycles. The third-order valence-corrected chi connectivity index (χ3v) is 1.26. The number of aliphatic hydroxyl groups excluding tert-OH is 2. The van der Waals surface area contributed by atoms with Crippen LogP contribution in [0.15, 0.2) is 0 Å². The second-order valence-electron chi connectivity index (χ2n) is 2.09. The Morgan fingerprint density at radius 1 is 1.56 bits per heavy atom. The van der Waals surface area contributed by atoms with E-state index >= 15 is 0 Å². The number of hydrogen-bond acceptors (Lipinski definition) is 4. The Bertz CT molecular complexity index is 69.2. The van der Waals surface area contributed by atoms with Crippen molar-refractivity contribution in [3.8, 4) is 0 Å². The summed E-state index contributed by atoms with van der Waals surface area (Å²) in [5.41, 5.74) is 1.91. The topological polar surface area (TPSA) is 72.7 Å². The summed E-state index contributed by atoms with van der Waals surface area (Å²) in [6.07, 6.45) is -0.746. The van der Waals surface area contributed by atoms with Crippen molar-refractivity contribution in [2.24, 2.45) is 5.92 Å². The van der Waals surface area contributed by atoms with Crippen molar-refractivity contribution in [3.05, 3.63) is 0 Å². The quantitative estimate of drug-likeness (QED) is 0.371. The molecule has 9 heavy (non-hydrogen) atoms. The van der Waals surface area contributed by atoms with Crippen molar-refractivity contribution in [2.75, 3.05) is 13.2 Å². The summed E-state index contributed by atoms with van der Waals surface area (Å²) in [5, 5.41) is 25.4. The van der Waals surface area contributed by atoms with Crippen LogP contribution in [0.4, 0.5) is 0 Å². The molecule has 0 aromatic rings. The zero-order valence-electron chi connectivity index (χ0n) is 5.41. The SMILES string of the molecule is CC(CNO)C(O)CO. The van der Waals surface area contributed by atoms with Crippen LogP contribution in [0.3, 0.4) is 0 Å². The highest BCUT2D eigenvalue weighted by Crippen LogP contribution is 1.98. The molecule has 0 fully saturated rings. The highest BCUT2D eigenvalue weighted by Gasteiger charge is 2.11. The van der Waals surface area contributed by atoms with E-state index in [1.807, 2.05) is 5.48 Å². The van der Waals surface area contributed by atoms with Gasteiger partial charge in [-0.2, -0.15) is 0 Å². The minimum absolute atomic E-state index is 0.125. The first-order valence-electron chi connectivity index (χ1n) is 2.88. The van der Waals surface area contributed by atoms with E-state index in [0.717, 1.165) is 0 Å². The molecule has 0 spiro atoms. The van der Waals surface area contributed by atoms with Crippen LogP contribution < -0.4 is 5.48 Å². The minimum atomic E-state index is -0.746. The Hall–Kier alpha value is -0.160. The van der Waals surface area contributed by atoms with E-state index in [0.29, 0.717) is 6.54 Å². The number of rotatable bonds is 4. The molecular weight excluding hydrogens is 122 g/mol. The van der Waals surface area contributed by atoms with Crippen LogP contribution in [0, 0.1) is 5.92 Å². The van der Waals surface area contributed by atoms with Gasteiger partial charge in [0, 0.05) is 6.54 Å². The maximum Gasteiger partial charge on any atom is 0.0809 e. The largest absolute Gasteiger partial charge is 0.394 e. The van der Waals surface area contributed by atoms with Crippen molar-refractivity contribution < 1.29 is 15.4 Å². The predicted octanol–water partition coefficient (Wildman–Crippen LogP) is -1.05. The molecular formula is C5H13NO3. The number of hydroxylamine groups is 1. The molecule has 0 saturated carbocycles. The molecule has 0 aliphatic rings. The molecule has 4 nitrogen and oxygen atoms in total. The first kappa shape index (κ1) is 8.84. The predicted molar refractivity (Wildman–Crippen MR) is 32.0 cm³/mol. The zero-order valence-corrected chi connectivity index (χ0v) is 5.41. The van der Waals surface area contributed by atoms with Crippen molar-refractivity contribution in [1.29, 1.82) is 0 Å². The number of nitrogens with one attached hydrogen (secondary N) is 1. The van der Waals surface area contributed by atoms with E-state index in [2.05, 4.69) is 0 Å². The number of aliphatic hydroxyl groups is 2. The van der Waals surface area contributed by atoms with Gasteiger partial charge in [0.25, 0.3) is 0 Å². The van der Waals surface area contributed by atoms with Gasteiger partial charge in [0.1, 0.15) is 0 Å². The average Bonchev–Trinajstić information content (AvgIpc) is 1.87. The lowest BCUT2D eigenvalue weighted by Crippen LogP contribution is -2.30. The average molecular weight is 135 g/mol. The number of hydrogen-bond donors (Lipinski definition) is 4. The molecule has 0 aliphatic carbocycles. The highest BCUT2D eigenvalue weighted by molar-refractivity contribution is 4.62. The summed E-state index contributed by atoms with van der Waals surface area (Å²) in [5.74, 6) is -0.125. The van der Waals surface area contributed by atoms with E-state index in [4.69, 9.17) is 15.4 Å². The fourth-order valence-electron chi connectivity index (χ4n) is 0.460. The Morgan fingerprint density at radius 3 is 2.44 bits per heavy atom. The summed E-state index contributed by atoms with van der Waals surface area (Å²) in [4.78, 5) is 0. The third-order valence-electron chi connectivity index (χ3n) is 1.26. The Morgan fingerprint density at radius 2 is 2.11 bits per heavy atom. The van der Waals surface area contributed by atoms with Crippen molar-refractivity contribution in [2.45, 2.75) is 13.0 Å². The second kappa shape index (κ2) is 4.69. The van der Waals surface area contributed by atoms with E-state index in [1.54, 1.807) is 6.92 Å². The van der Waals surface area contributed by atoms with Crippen LogP contribution in [0.25, 0.3) is 0 Å². The standard InChI is InChI=1S/C5H13NO3/c1-4(2-6-9)5(8)3-7/h4-9H,2-3H2,1H3. The minimum Gasteiger partial charge on any atom is -0.394 e. The fourth-order valence-corrected chi connectivity index (χ4v) is 0.460. The highest BCUT2D eigenvalue weighted by atomic mass is 16.5. The lowest BCUT2D eigenvalue weighted by Gasteiger charge is -2.14. The van der Waals surface area contributed by atoms with Crippen LogP contribution in [-0.4, -0.2) is 34.7 Å². The normalized spacial score (nSPS) is 17.3. The van der Waals surface area contributed by atoms with Gasteiger partial charge in [-0.15, -0.1) is 0 Å². The monoisotopic (exact) mass is 135 g/mol. The van der Waals surface area contributed by atoms with Crippen molar-refractivity contribution in [3.63, 3.8) is 0 Å². The van der Waals surface area contributed by atoms with Gasteiger partial charge in [0.15, 0.2) is 0 Å². The van der Waals surface area contributed by atoms with Crippen LogP contribution >= 0.6 is 0 Å². The summed E-state index contributed by atoms with van der Waals surface area (Å²) in [6, 6.07) is 0. The molecule has 56 valence electrons. The maximum atomic E-state index is 8.86.